The van der Waals surface area contributed by atoms with Gasteiger partial charge in [0, 0.05) is 10.9 Å². The van der Waals surface area contributed by atoms with Gasteiger partial charge in [0.1, 0.15) is 5.60 Å². The van der Waals surface area contributed by atoms with E-state index in [0.717, 1.165) is 10.0 Å². The molecule has 0 amide bonds. The molecule has 1 aliphatic rings. The first-order chi connectivity index (χ1) is 14.0. The summed E-state index contributed by atoms with van der Waals surface area (Å²) < 4.78 is 12.5. The van der Waals surface area contributed by atoms with E-state index in [9.17, 15) is 9.90 Å². The van der Waals surface area contributed by atoms with E-state index in [0.29, 0.717) is 11.1 Å². The summed E-state index contributed by atoms with van der Waals surface area (Å²) in [7, 11) is 1.31. The molecule has 1 heterocycles. The zero-order chi connectivity index (χ0) is 20.5. The van der Waals surface area contributed by atoms with Gasteiger partial charge < -0.3 is 14.6 Å². The SMILES string of the molecule is COC(=O)[C@@]1(c2ccccc2)O[C@H](c2cccc(Br)c2)C[C@]1(O)c1ccccc1. The Morgan fingerprint density at radius 3 is 2.21 bits per heavy atom. The van der Waals surface area contributed by atoms with Gasteiger partial charge in [0.05, 0.1) is 13.2 Å². The lowest BCUT2D eigenvalue weighted by Crippen LogP contribution is -2.52. The Hall–Kier alpha value is -2.47. The zero-order valence-electron chi connectivity index (χ0n) is 15.9. The Bertz CT molecular complexity index is 1010. The number of hydrogen-bond donors (Lipinski definition) is 1. The standard InChI is InChI=1S/C24H21BrO4/c1-28-22(26)24(19-12-6-3-7-13-19)23(27,18-10-4-2-5-11-18)16-21(29-24)17-9-8-14-20(25)15-17/h2-15,21,27H,16H2,1H3/t21-,23-,24+/m0/s1. The highest BCUT2D eigenvalue weighted by Crippen LogP contribution is 2.57. The first kappa shape index (κ1) is 19.8. The highest BCUT2D eigenvalue weighted by molar-refractivity contribution is 9.10. The third-order valence-corrected chi connectivity index (χ3v) is 6.00. The normalized spacial score (nSPS) is 26.2. The van der Waals surface area contributed by atoms with Crippen molar-refractivity contribution in [2.75, 3.05) is 7.11 Å². The molecule has 3 aromatic carbocycles. The fourth-order valence-electron chi connectivity index (χ4n) is 4.15. The monoisotopic (exact) mass is 452 g/mol. The van der Waals surface area contributed by atoms with Crippen molar-refractivity contribution < 1.29 is 19.4 Å². The summed E-state index contributed by atoms with van der Waals surface area (Å²) in [5, 5.41) is 12.1. The van der Waals surface area contributed by atoms with Crippen molar-refractivity contribution in [1.29, 1.82) is 0 Å². The van der Waals surface area contributed by atoms with E-state index >= 15 is 0 Å². The smallest absolute Gasteiger partial charge is 0.346 e. The van der Waals surface area contributed by atoms with Gasteiger partial charge in [0.25, 0.3) is 0 Å². The average Bonchev–Trinajstić information content (AvgIpc) is 3.10. The molecule has 29 heavy (non-hydrogen) atoms. The van der Waals surface area contributed by atoms with E-state index < -0.39 is 23.3 Å². The van der Waals surface area contributed by atoms with Gasteiger partial charge in [-0.15, -0.1) is 0 Å². The Labute approximate surface area is 178 Å². The van der Waals surface area contributed by atoms with Gasteiger partial charge in [-0.2, -0.15) is 0 Å². The van der Waals surface area contributed by atoms with E-state index in [1.807, 2.05) is 72.8 Å². The van der Waals surface area contributed by atoms with Crippen molar-refractivity contribution >= 4 is 21.9 Å². The molecule has 1 N–H and O–H groups in total. The summed E-state index contributed by atoms with van der Waals surface area (Å²) in [5.41, 5.74) is -1.29. The topological polar surface area (TPSA) is 55.8 Å². The quantitative estimate of drug-likeness (QED) is 0.573. The molecule has 4 rings (SSSR count). The van der Waals surface area contributed by atoms with Crippen molar-refractivity contribution in [3.8, 4) is 0 Å². The molecule has 3 atom stereocenters. The molecule has 0 unspecified atom stereocenters. The van der Waals surface area contributed by atoms with Crippen LogP contribution in [-0.4, -0.2) is 18.2 Å². The molecule has 3 aromatic rings. The Kier molecular flexibility index (Phi) is 5.30. The van der Waals surface area contributed by atoms with Crippen LogP contribution in [0.4, 0.5) is 0 Å². The van der Waals surface area contributed by atoms with Crippen LogP contribution in [0.2, 0.25) is 0 Å². The van der Waals surface area contributed by atoms with Crippen LogP contribution in [-0.2, 0) is 25.5 Å². The summed E-state index contributed by atoms with van der Waals surface area (Å²) in [5.74, 6) is -0.632. The minimum Gasteiger partial charge on any atom is -0.467 e. The van der Waals surface area contributed by atoms with Gasteiger partial charge in [-0.3, -0.25) is 0 Å². The van der Waals surface area contributed by atoms with Crippen LogP contribution in [0.25, 0.3) is 0 Å². The number of halogens is 1. The van der Waals surface area contributed by atoms with Gasteiger partial charge in [-0.05, 0) is 28.8 Å². The molecule has 4 nitrogen and oxygen atoms in total. The fourth-order valence-corrected chi connectivity index (χ4v) is 4.57. The number of carbonyl (C=O) groups excluding carboxylic acids is 1. The van der Waals surface area contributed by atoms with Crippen LogP contribution in [0, 0.1) is 0 Å². The number of carbonyl (C=O) groups is 1. The molecule has 1 fully saturated rings. The maximum Gasteiger partial charge on any atom is 0.346 e. The van der Waals surface area contributed by atoms with Gasteiger partial charge in [-0.1, -0.05) is 88.7 Å². The minimum atomic E-state index is -1.70. The van der Waals surface area contributed by atoms with E-state index in [4.69, 9.17) is 9.47 Å². The molecule has 1 aliphatic heterocycles. The van der Waals surface area contributed by atoms with Gasteiger partial charge in [0.2, 0.25) is 5.60 Å². The summed E-state index contributed by atoms with van der Waals surface area (Å²) in [4.78, 5) is 13.3. The molecule has 148 valence electrons. The Morgan fingerprint density at radius 1 is 1.00 bits per heavy atom. The summed E-state index contributed by atoms with van der Waals surface area (Å²) in [6, 6.07) is 25.9. The summed E-state index contributed by atoms with van der Waals surface area (Å²) in [6.45, 7) is 0. The third kappa shape index (κ3) is 3.19. The predicted molar refractivity (Wildman–Crippen MR) is 113 cm³/mol. The van der Waals surface area contributed by atoms with Gasteiger partial charge >= 0.3 is 5.97 Å². The van der Waals surface area contributed by atoms with Crippen LogP contribution in [0.1, 0.15) is 29.2 Å². The lowest BCUT2D eigenvalue weighted by atomic mass is 9.72. The summed E-state index contributed by atoms with van der Waals surface area (Å²) in [6.07, 6.45) is -0.297. The minimum absolute atomic E-state index is 0.206. The van der Waals surface area contributed by atoms with Gasteiger partial charge in [0.15, 0.2) is 0 Å². The van der Waals surface area contributed by atoms with Gasteiger partial charge in [-0.25, -0.2) is 4.79 Å². The average molecular weight is 453 g/mol. The molecule has 0 radical (unpaired) electrons. The van der Waals surface area contributed by atoms with E-state index in [2.05, 4.69) is 15.9 Å². The molecule has 0 saturated carbocycles. The highest BCUT2D eigenvalue weighted by atomic mass is 79.9. The molecule has 0 aliphatic carbocycles. The van der Waals surface area contributed by atoms with Crippen molar-refractivity contribution in [2.24, 2.45) is 0 Å². The van der Waals surface area contributed by atoms with Crippen LogP contribution in [0.5, 0.6) is 0 Å². The number of hydrogen-bond acceptors (Lipinski definition) is 4. The molecule has 1 saturated heterocycles. The first-order valence-corrected chi connectivity index (χ1v) is 10.2. The maximum atomic E-state index is 13.3. The second-order valence-corrected chi connectivity index (χ2v) is 8.05. The fraction of sp³-hybridized carbons (Fsp3) is 0.208. The number of rotatable bonds is 4. The number of ether oxygens (including phenoxy) is 2. The summed E-state index contributed by atoms with van der Waals surface area (Å²) >= 11 is 3.49. The Balaban J connectivity index is 1.95. The molecule has 0 bridgehead atoms. The predicted octanol–water partition coefficient (Wildman–Crippen LogP) is 4.87. The van der Waals surface area contributed by atoms with Crippen molar-refractivity contribution in [2.45, 2.75) is 23.7 Å². The lowest BCUT2D eigenvalue weighted by molar-refractivity contribution is -0.195. The number of aliphatic hydroxyl groups is 1. The molecule has 0 aromatic heterocycles. The van der Waals surface area contributed by atoms with Crippen molar-refractivity contribution in [3.63, 3.8) is 0 Å². The number of benzene rings is 3. The second-order valence-electron chi connectivity index (χ2n) is 7.13. The Morgan fingerprint density at radius 2 is 1.62 bits per heavy atom. The molecule has 5 heteroatoms. The maximum absolute atomic E-state index is 13.3. The van der Waals surface area contributed by atoms with E-state index in [-0.39, 0.29) is 6.42 Å². The van der Waals surface area contributed by atoms with Crippen LogP contribution in [0.3, 0.4) is 0 Å². The van der Waals surface area contributed by atoms with Crippen molar-refractivity contribution in [3.05, 3.63) is 106 Å². The molecular weight excluding hydrogens is 432 g/mol. The highest BCUT2D eigenvalue weighted by Gasteiger charge is 2.66. The molecule has 0 spiro atoms. The third-order valence-electron chi connectivity index (χ3n) is 5.51. The van der Waals surface area contributed by atoms with Crippen LogP contribution >= 0.6 is 15.9 Å². The van der Waals surface area contributed by atoms with E-state index in [1.54, 1.807) is 12.1 Å². The largest absolute Gasteiger partial charge is 0.467 e. The molecular formula is C24H21BrO4. The lowest BCUT2D eigenvalue weighted by Gasteiger charge is -2.39. The number of methoxy groups -OCH3 is 1. The second kappa shape index (κ2) is 7.75. The first-order valence-electron chi connectivity index (χ1n) is 9.36. The van der Waals surface area contributed by atoms with Crippen LogP contribution in [0.15, 0.2) is 89.4 Å². The van der Waals surface area contributed by atoms with E-state index in [1.165, 1.54) is 7.11 Å². The van der Waals surface area contributed by atoms with Crippen molar-refractivity contribution in [1.82, 2.24) is 0 Å². The number of esters is 1. The zero-order valence-corrected chi connectivity index (χ0v) is 17.5. The van der Waals surface area contributed by atoms with Crippen LogP contribution < -0.4 is 0 Å².